The average Bonchev–Trinajstić information content (AvgIpc) is 3.39. The third-order valence-corrected chi connectivity index (χ3v) is 6.10. The molecule has 0 bridgehead atoms. The lowest BCUT2D eigenvalue weighted by Crippen LogP contribution is -2.51. The van der Waals surface area contributed by atoms with Crippen LogP contribution in [-0.2, 0) is 4.79 Å². The maximum Gasteiger partial charge on any atom is 0.257 e. The molecule has 1 saturated carbocycles. The van der Waals surface area contributed by atoms with Crippen LogP contribution in [0.3, 0.4) is 0 Å². The fraction of sp³-hybridized carbons (Fsp3) is 0.700. The van der Waals surface area contributed by atoms with Crippen LogP contribution in [0.4, 0.5) is 0 Å². The normalized spacial score (nSPS) is 25.3. The molecule has 1 N–H and O–H groups in total. The Balaban J connectivity index is 1.29. The number of hydrogen-bond acceptors (Lipinski definition) is 4. The summed E-state index contributed by atoms with van der Waals surface area (Å²) in [6.07, 6.45) is 7.94. The minimum Gasteiger partial charge on any atom is -0.469 e. The maximum atomic E-state index is 12.6. The highest BCUT2D eigenvalue weighted by Gasteiger charge is 2.34. The summed E-state index contributed by atoms with van der Waals surface area (Å²) in [7, 11) is 0. The zero-order valence-corrected chi connectivity index (χ0v) is 15.6. The monoisotopic (exact) mass is 359 g/mol. The molecule has 0 unspecified atom stereocenters. The second-order valence-electron chi connectivity index (χ2n) is 8.03. The first-order valence-electron chi connectivity index (χ1n) is 9.99. The van der Waals surface area contributed by atoms with E-state index in [2.05, 4.69) is 10.2 Å². The number of furan rings is 1. The van der Waals surface area contributed by atoms with Gasteiger partial charge in [-0.15, -0.1) is 0 Å². The standard InChI is InChI=1S/C20H29N3O3/c1-14-18(8-12-26-14)20(25)22-10-6-17(7-11-22)23-9-2-3-15(13-23)19(24)21-16-4-5-16/h8,12,15-17H,2-7,9-11,13H2,1H3,(H,21,24)/t15-/m0/s1. The lowest BCUT2D eigenvalue weighted by molar-refractivity contribution is -0.127. The lowest BCUT2D eigenvalue weighted by Gasteiger charge is -2.42. The van der Waals surface area contributed by atoms with Gasteiger partial charge in [0.2, 0.25) is 5.91 Å². The Morgan fingerprint density at radius 2 is 1.88 bits per heavy atom. The maximum absolute atomic E-state index is 12.6. The lowest BCUT2D eigenvalue weighted by atomic mass is 9.93. The largest absolute Gasteiger partial charge is 0.469 e. The zero-order chi connectivity index (χ0) is 18.1. The van der Waals surface area contributed by atoms with Gasteiger partial charge in [-0.25, -0.2) is 0 Å². The minimum absolute atomic E-state index is 0.0787. The van der Waals surface area contributed by atoms with Crippen molar-refractivity contribution in [2.45, 2.75) is 57.5 Å². The zero-order valence-electron chi connectivity index (χ0n) is 15.6. The molecule has 1 aromatic heterocycles. The Labute approximate surface area is 154 Å². The van der Waals surface area contributed by atoms with E-state index in [1.807, 2.05) is 11.8 Å². The third kappa shape index (κ3) is 3.80. The number of nitrogens with one attached hydrogen (secondary N) is 1. The first-order valence-corrected chi connectivity index (χ1v) is 9.99. The van der Waals surface area contributed by atoms with Crippen molar-refractivity contribution < 1.29 is 14.0 Å². The molecule has 3 fully saturated rings. The van der Waals surface area contributed by atoms with Crippen molar-refractivity contribution in [3.05, 3.63) is 23.7 Å². The quantitative estimate of drug-likeness (QED) is 0.895. The molecular weight excluding hydrogens is 330 g/mol. The molecule has 2 aliphatic heterocycles. The van der Waals surface area contributed by atoms with Crippen molar-refractivity contribution >= 4 is 11.8 Å². The van der Waals surface area contributed by atoms with Crippen LogP contribution < -0.4 is 5.32 Å². The number of aryl methyl sites for hydroxylation is 1. The highest BCUT2D eigenvalue weighted by molar-refractivity contribution is 5.95. The summed E-state index contributed by atoms with van der Waals surface area (Å²) >= 11 is 0. The molecule has 2 amide bonds. The van der Waals surface area contributed by atoms with Gasteiger partial charge in [0.05, 0.1) is 17.7 Å². The van der Waals surface area contributed by atoms with Gasteiger partial charge >= 0.3 is 0 Å². The van der Waals surface area contributed by atoms with Crippen LogP contribution in [0.2, 0.25) is 0 Å². The molecule has 6 nitrogen and oxygen atoms in total. The molecule has 6 heteroatoms. The fourth-order valence-electron chi connectivity index (χ4n) is 4.31. The number of nitrogens with zero attached hydrogens (tertiary/aromatic N) is 2. The van der Waals surface area contributed by atoms with Gasteiger partial charge in [-0.05, 0) is 58.1 Å². The number of likely N-dealkylation sites (tertiary alicyclic amines) is 2. The fourth-order valence-corrected chi connectivity index (χ4v) is 4.31. The van der Waals surface area contributed by atoms with Gasteiger partial charge in [0.1, 0.15) is 5.76 Å². The number of carbonyl (C=O) groups excluding carboxylic acids is 2. The highest BCUT2D eigenvalue weighted by Crippen LogP contribution is 2.26. The third-order valence-electron chi connectivity index (χ3n) is 6.10. The summed E-state index contributed by atoms with van der Waals surface area (Å²) in [4.78, 5) is 29.4. The van der Waals surface area contributed by atoms with Gasteiger partial charge in [0.15, 0.2) is 0 Å². The van der Waals surface area contributed by atoms with E-state index in [0.29, 0.717) is 23.4 Å². The van der Waals surface area contributed by atoms with Gasteiger partial charge in [-0.3, -0.25) is 14.5 Å². The van der Waals surface area contributed by atoms with Crippen molar-refractivity contribution in [2.24, 2.45) is 5.92 Å². The summed E-state index contributed by atoms with van der Waals surface area (Å²) in [5, 5.41) is 3.16. The molecule has 3 aliphatic rings. The van der Waals surface area contributed by atoms with Crippen LogP contribution >= 0.6 is 0 Å². The Bertz CT molecular complexity index is 659. The number of amides is 2. The topological polar surface area (TPSA) is 65.8 Å². The van der Waals surface area contributed by atoms with E-state index in [9.17, 15) is 9.59 Å². The molecular formula is C20H29N3O3. The first-order chi connectivity index (χ1) is 12.6. The van der Waals surface area contributed by atoms with Gasteiger partial charge in [0, 0.05) is 31.7 Å². The van der Waals surface area contributed by atoms with E-state index >= 15 is 0 Å². The summed E-state index contributed by atoms with van der Waals surface area (Å²) in [6.45, 7) is 5.35. The van der Waals surface area contributed by atoms with Crippen LogP contribution in [0.15, 0.2) is 16.7 Å². The SMILES string of the molecule is Cc1occc1C(=O)N1CCC(N2CCC[C@H](C(=O)NC3CC3)C2)CC1. The molecule has 142 valence electrons. The van der Waals surface area contributed by atoms with Gasteiger partial charge in [0.25, 0.3) is 5.91 Å². The summed E-state index contributed by atoms with van der Waals surface area (Å²) in [6, 6.07) is 2.69. The van der Waals surface area contributed by atoms with Gasteiger partial charge in [-0.2, -0.15) is 0 Å². The molecule has 0 radical (unpaired) electrons. The van der Waals surface area contributed by atoms with Crippen LogP contribution in [0.25, 0.3) is 0 Å². The van der Waals surface area contributed by atoms with Crippen molar-refractivity contribution in [1.82, 2.24) is 15.1 Å². The van der Waals surface area contributed by atoms with Crippen LogP contribution in [0.5, 0.6) is 0 Å². The first kappa shape index (κ1) is 17.6. The van der Waals surface area contributed by atoms with E-state index in [1.54, 1.807) is 12.3 Å². The molecule has 0 aromatic carbocycles. The van der Waals surface area contributed by atoms with Gasteiger partial charge < -0.3 is 14.6 Å². The molecule has 1 atom stereocenters. The van der Waals surface area contributed by atoms with Crippen molar-refractivity contribution in [3.63, 3.8) is 0 Å². The Kier molecular flexibility index (Phi) is 5.02. The second-order valence-corrected chi connectivity index (χ2v) is 8.03. The molecule has 3 heterocycles. The van der Waals surface area contributed by atoms with E-state index in [0.717, 1.165) is 64.7 Å². The number of carbonyl (C=O) groups is 2. The molecule has 2 saturated heterocycles. The van der Waals surface area contributed by atoms with E-state index in [-0.39, 0.29) is 17.7 Å². The summed E-state index contributed by atoms with van der Waals surface area (Å²) < 4.78 is 5.27. The number of rotatable bonds is 4. The predicted octanol–water partition coefficient (Wildman–Crippen LogP) is 2.18. The van der Waals surface area contributed by atoms with Crippen LogP contribution in [-0.4, -0.2) is 59.9 Å². The molecule has 0 spiro atoms. The summed E-state index contributed by atoms with van der Waals surface area (Å²) in [5.74, 6) is 1.16. The molecule has 26 heavy (non-hydrogen) atoms. The summed E-state index contributed by atoms with van der Waals surface area (Å²) in [5.41, 5.74) is 0.679. The second kappa shape index (κ2) is 7.43. The van der Waals surface area contributed by atoms with Crippen molar-refractivity contribution in [2.75, 3.05) is 26.2 Å². The van der Waals surface area contributed by atoms with E-state index < -0.39 is 0 Å². The number of piperidine rings is 2. The molecule has 4 rings (SSSR count). The Morgan fingerprint density at radius 1 is 1.12 bits per heavy atom. The molecule has 1 aromatic rings. The van der Waals surface area contributed by atoms with Crippen molar-refractivity contribution in [1.29, 1.82) is 0 Å². The van der Waals surface area contributed by atoms with Crippen LogP contribution in [0, 0.1) is 12.8 Å². The van der Waals surface area contributed by atoms with Crippen molar-refractivity contribution in [3.8, 4) is 0 Å². The molecule has 1 aliphatic carbocycles. The predicted molar refractivity (Wildman–Crippen MR) is 97.8 cm³/mol. The van der Waals surface area contributed by atoms with E-state index in [1.165, 1.54) is 0 Å². The minimum atomic E-state index is 0.0787. The van der Waals surface area contributed by atoms with E-state index in [4.69, 9.17) is 4.42 Å². The smallest absolute Gasteiger partial charge is 0.257 e. The number of hydrogen-bond donors (Lipinski definition) is 1. The van der Waals surface area contributed by atoms with Crippen LogP contribution in [0.1, 0.15) is 54.6 Å². The average molecular weight is 359 g/mol. The van der Waals surface area contributed by atoms with Gasteiger partial charge in [-0.1, -0.05) is 0 Å². The highest BCUT2D eigenvalue weighted by atomic mass is 16.3. The Morgan fingerprint density at radius 3 is 2.54 bits per heavy atom. The Hall–Kier alpha value is -1.82.